The number of hydrogen-bond donors (Lipinski definition) is 1. The molecule has 0 radical (unpaired) electrons. The first-order valence-corrected chi connectivity index (χ1v) is 9.54. The predicted molar refractivity (Wildman–Crippen MR) is 107 cm³/mol. The van der Waals surface area contributed by atoms with Crippen molar-refractivity contribution in [3.8, 4) is 16.3 Å². The van der Waals surface area contributed by atoms with E-state index in [-0.39, 0.29) is 5.91 Å². The Morgan fingerprint density at radius 1 is 1.07 bits per heavy atom. The smallest absolute Gasteiger partial charge is 0.251 e. The lowest BCUT2D eigenvalue weighted by atomic mass is 10.2. The number of amides is 1. The fraction of sp³-hybridized carbons (Fsp3) is 0.0952. The molecule has 1 aromatic carbocycles. The number of carbonyl (C=O) groups is 1. The van der Waals surface area contributed by atoms with Gasteiger partial charge in [-0.25, -0.2) is 4.98 Å². The topological polar surface area (TPSA) is 59.8 Å². The molecule has 4 aromatic rings. The second-order valence-electron chi connectivity index (χ2n) is 6.03. The van der Waals surface area contributed by atoms with Crippen molar-refractivity contribution in [2.24, 2.45) is 0 Å². The van der Waals surface area contributed by atoms with Crippen LogP contribution in [0.25, 0.3) is 16.3 Å². The van der Waals surface area contributed by atoms with Gasteiger partial charge in [0, 0.05) is 59.9 Å². The molecule has 5 nitrogen and oxygen atoms in total. The van der Waals surface area contributed by atoms with Gasteiger partial charge in [0.2, 0.25) is 0 Å². The second kappa shape index (κ2) is 7.97. The Bertz CT molecular complexity index is 1030. The van der Waals surface area contributed by atoms with E-state index in [9.17, 15) is 4.79 Å². The van der Waals surface area contributed by atoms with Crippen LogP contribution in [0.4, 0.5) is 0 Å². The van der Waals surface area contributed by atoms with Crippen molar-refractivity contribution < 1.29 is 4.79 Å². The number of thiazole rings is 1. The van der Waals surface area contributed by atoms with Crippen molar-refractivity contribution in [3.05, 3.63) is 90.0 Å². The van der Waals surface area contributed by atoms with Crippen LogP contribution in [0.2, 0.25) is 0 Å². The number of aromatic nitrogens is 3. The maximum atomic E-state index is 12.4. The van der Waals surface area contributed by atoms with Crippen LogP contribution in [-0.4, -0.2) is 27.0 Å². The van der Waals surface area contributed by atoms with Gasteiger partial charge < -0.3 is 9.88 Å². The lowest BCUT2D eigenvalue weighted by Gasteiger charge is -2.07. The van der Waals surface area contributed by atoms with Crippen LogP contribution >= 0.6 is 11.3 Å². The average Bonchev–Trinajstić information content (AvgIpc) is 3.41. The molecule has 3 heterocycles. The SMILES string of the molecule is O=C(NCCc1csc(-c2ccncc2)n1)c1cccc(-n2cccc2)c1. The zero-order chi connectivity index (χ0) is 18.5. The Labute approximate surface area is 161 Å². The fourth-order valence-electron chi connectivity index (χ4n) is 2.77. The van der Waals surface area contributed by atoms with E-state index in [2.05, 4.69) is 15.3 Å². The van der Waals surface area contributed by atoms with E-state index < -0.39 is 0 Å². The summed E-state index contributed by atoms with van der Waals surface area (Å²) in [7, 11) is 0. The van der Waals surface area contributed by atoms with Gasteiger partial charge in [0.15, 0.2) is 0 Å². The van der Waals surface area contributed by atoms with Gasteiger partial charge in [0.1, 0.15) is 5.01 Å². The quantitative estimate of drug-likeness (QED) is 0.556. The van der Waals surface area contributed by atoms with Gasteiger partial charge in [-0.3, -0.25) is 9.78 Å². The highest BCUT2D eigenvalue weighted by molar-refractivity contribution is 7.13. The van der Waals surface area contributed by atoms with Gasteiger partial charge in [0.25, 0.3) is 5.91 Å². The number of rotatable bonds is 6. The van der Waals surface area contributed by atoms with E-state index in [0.29, 0.717) is 18.5 Å². The molecule has 0 spiro atoms. The lowest BCUT2D eigenvalue weighted by Crippen LogP contribution is -2.25. The van der Waals surface area contributed by atoms with Crippen molar-refractivity contribution in [1.82, 2.24) is 19.9 Å². The highest BCUT2D eigenvalue weighted by Gasteiger charge is 2.08. The summed E-state index contributed by atoms with van der Waals surface area (Å²) < 4.78 is 1.98. The summed E-state index contributed by atoms with van der Waals surface area (Å²) in [4.78, 5) is 21.1. The van der Waals surface area contributed by atoms with Crippen molar-refractivity contribution in [2.75, 3.05) is 6.54 Å². The molecule has 6 heteroatoms. The molecule has 1 N–H and O–H groups in total. The van der Waals surface area contributed by atoms with Gasteiger partial charge in [-0.1, -0.05) is 6.07 Å². The summed E-state index contributed by atoms with van der Waals surface area (Å²) in [5, 5.41) is 5.98. The minimum atomic E-state index is -0.0754. The fourth-order valence-corrected chi connectivity index (χ4v) is 3.63. The molecule has 0 aliphatic carbocycles. The third kappa shape index (κ3) is 4.12. The van der Waals surface area contributed by atoms with Crippen LogP contribution in [0.1, 0.15) is 16.1 Å². The second-order valence-corrected chi connectivity index (χ2v) is 6.88. The predicted octanol–water partition coefficient (Wildman–Crippen LogP) is 3.97. The van der Waals surface area contributed by atoms with Gasteiger partial charge in [-0.2, -0.15) is 0 Å². The third-order valence-corrected chi connectivity index (χ3v) is 5.10. The zero-order valence-electron chi connectivity index (χ0n) is 14.6. The maximum Gasteiger partial charge on any atom is 0.251 e. The van der Waals surface area contributed by atoms with Gasteiger partial charge in [-0.05, 0) is 42.5 Å². The van der Waals surface area contributed by atoms with Crippen LogP contribution in [-0.2, 0) is 6.42 Å². The van der Waals surface area contributed by atoms with E-state index in [4.69, 9.17) is 0 Å². The van der Waals surface area contributed by atoms with E-state index in [1.54, 1.807) is 23.7 Å². The molecule has 0 atom stereocenters. The number of carbonyl (C=O) groups excluding carboxylic acids is 1. The standard InChI is InChI=1S/C21H18N4OS/c26-20(17-4-3-5-19(14-17)25-12-1-2-13-25)23-11-8-18-15-27-21(24-18)16-6-9-22-10-7-16/h1-7,9-10,12-15H,8,11H2,(H,23,26). The molecule has 0 aliphatic rings. The number of nitrogens with zero attached hydrogens (tertiary/aromatic N) is 3. The zero-order valence-corrected chi connectivity index (χ0v) is 15.4. The Kier molecular flexibility index (Phi) is 5.07. The summed E-state index contributed by atoms with van der Waals surface area (Å²) in [5.74, 6) is -0.0754. The molecule has 27 heavy (non-hydrogen) atoms. The van der Waals surface area contributed by atoms with Gasteiger partial charge in [-0.15, -0.1) is 11.3 Å². The number of nitrogens with one attached hydrogen (secondary N) is 1. The Hall–Kier alpha value is -3.25. The van der Waals surface area contributed by atoms with Crippen molar-refractivity contribution in [2.45, 2.75) is 6.42 Å². The molecule has 134 valence electrons. The minimum Gasteiger partial charge on any atom is -0.352 e. The largest absolute Gasteiger partial charge is 0.352 e. The van der Waals surface area contributed by atoms with Crippen LogP contribution in [0, 0.1) is 0 Å². The van der Waals surface area contributed by atoms with Crippen molar-refractivity contribution in [1.29, 1.82) is 0 Å². The first kappa shape index (κ1) is 17.2. The molecule has 0 saturated carbocycles. The molecular formula is C21H18N4OS. The Morgan fingerprint density at radius 2 is 1.89 bits per heavy atom. The summed E-state index contributed by atoms with van der Waals surface area (Å²) in [6.07, 6.45) is 8.14. The van der Waals surface area contributed by atoms with E-state index >= 15 is 0 Å². The molecule has 0 aliphatic heterocycles. The Balaban J connectivity index is 1.35. The minimum absolute atomic E-state index is 0.0754. The maximum absolute atomic E-state index is 12.4. The van der Waals surface area contributed by atoms with E-state index in [1.165, 1.54) is 0 Å². The number of pyridine rings is 1. The highest BCUT2D eigenvalue weighted by Crippen LogP contribution is 2.22. The Morgan fingerprint density at radius 3 is 2.70 bits per heavy atom. The monoisotopic (exact) mass is 374 g/mol. The van der Waals surface area contributed by atoms with Gasteiger partial charge in [0.05, 0.1) is 5.69 Å². The van der Waals surface area contributed by atoms with Gasteiger partial charge >= 0.3 is 0 Å². The molecule has 0 fully saturated rings. The van der Waals surface area contributed by atoms with Crippen LogP contribution < -0.4 is 5.32 Å². The average molecular weight is 374 g/mol. The highest BCUT2D eigenvalue weighted by atomic mass is 32.1. The number of hydrogen-bond acceptors (Lipinski definition) is 4. The van der Waals surface area contributed by atoms with E-state index in [0.717, 1.165) is 22.0 Å². The molecule has 0 saturated heterocycles. The summed E-state index contributed by atoms with van der Waals surface area (Å²) in [6.45, 7) is 0.548. The molecule has 4 rings (SSSR count). The van der Waals surface area contributed by atoms with Crippen molar-refractivity contribution >= 4 is 17.2 Å². The normalized spacial score (nSPS) is 10.7. The van der Waals surface area contributed by atoms with E-state index in [1.807, 2.05) is 70.9 Å². The first-order chi connectivity index (χ1) is 13.3. The molecule has 0 unspecified atom stereocenters. The third-order valence-electron chi connectivity index (χ3n) is 4.16. The first-order valence-electron chi connectivity index (χ1n) is 8.66. The summed E-state index contributed by atoms with van der Waals surface area (Å²) >= 11 is 1.60. The molecule has 3 aromatic heterocycles. The molecular weight excluding hydrogens is 356 g/mol. The van der Waals surface area contributed by atoms with Crippen molar-refractivity contribution in [3.63, 3.8) is 0 Å². The summed E-state index contributed by atoms with van der Waals surface area (Å²) in [5.41, 5.74) is 3.66. The molecule has 1 amide bonds. The summed E-state index contributed by atoms with van der Waals surface area (Å²) in [6, 6.07) is 15.4. The van der Waals surface area contributed by atoms with Crippen LogP contribution in [0.15, 0.2) is 78.7 Å². The number of benzene rings is 1. The lowest BCUT2D eigenvalue weighted by molar-refractivity contribution is 0.0954. The van der Waals surface area contributed by atoms with Crippen LogP contribution in [0.3, 0.4) is 0 Å². The molecule has 0 bridgehead atoms. The van der Waals surface area contributed by atoms with Crippen LogP contribution in [0.5, 0.6) is 0 Å².